The predicted octanol–water partition coefficient (Wildman–Crippen LogP) is 7.93. The number of carbonyl (C=O) groups excluding carboxylic acids is 4. The molecule has 10 nitrogen and oxygen atoms in total. The highest BCUT2D eigenvalue weighted by atomic mass is 16.7. The largest absolute Gasteiger partial charge is 0.382 e. The summed E-state index contributed by atoms with van der Waals surface area (Å²) in [4.78, 5) is 51.5. The third-order valence-electron chi connectivity index (χ3n) is 9.49. The summed E-state index contributed by atoms with van der Waals surface area (Å²) in [6.45, 7) is 13.4. The Morgan fingerprint density at radius 1 is 0.439 bits per heavy atom. The minimum absolute atomic E-state index is 0.313. The van der Waals surface area contributed by atoms with Gasteiger partial charge >= 0.3 is 0 Å². The van der Waals surface area contributed by atoms with E-state index in [1.54, 1.807) is 97.1 Å². The van der Waals surface area contributed by atoms with Crippen molar-refractivity contribution in [2.75, 3.05) is 0 Å². The number of hydrogen-bond donors (Lipinski definition) is 4. The van der Waals surface area contributed by atoms with Crippen LogP contribution in [0.4, 0.5) is 0 Å². The first-order chi connectivity index (χ1) is 26.4. The second kappa shape index (κ2) is 17.9. The van der Waals surface area contributed by atoms with Gasteiger partial charge in [-0.2, -0.15) is 0 Å². The molecule has 4 rings (SSSR count). The van der Waals surface area contributed by atoms with Crippen molar-refractivity contribution in [2.45, 2.75) is 122 Å². The molecule has 0 fully saturated rings. The van der Waals surface area contributed by atoms with Crippen LogP contribution in [-0.4, -0.2) is 72.3 Å². The Kier molecular flexibility index (Phi) is 14.1. The average molecular weight is 781 g/mol. The standard InChI is InChI=1S/C47H56O10/c1-10-11-12-37(56-38(29-13-21-33(22-14-29)40(48)44(2,3)52)30-15-23-34(24-16-30)41(49)45(4,5)53)57-39(31-17-25-35(26-18-31)42(50)46(6,7)54)32-19-27-36(28-20-32)43(51)47(8,9)55/h13-28,37-39,52-55H,10-12H2,1-9H3. The third kappa shape index (κ3) is 11.7. The van der Waals surface area contributed by atoms with Crippen LogP contribution in [0.2, 0.25) is 0 Å². The summed E-state index contributed by atoms with van der Waals surface area (Å²) < 4.78 is 13.8. The predicted molar refractivity (Wildman–Crippen MR) is 217 cm³/mol. The summed E-state index contributed by atoms with van der Waals surface area (Å²) in [7, 11) is 0. The molecule has 0 radical (unpaired) electrons. The van der Waals surface area contributed by atoms with Gasteiger partial charge in [0.1, 0.15) is 34.6 Å². The van der Waals surface area contributed by atoms with Crippen molar-refractivity contribution in [1.82, 2.24) is 0 Å². The molecule has 0 aliphatic rings. The number of ether oxygens (including phenoxy) is 2. The fraction of sp³-hybridized carbons (Fsp3) is 0.404. The number of hydrogen-bond acceptors (Lipinski definition) is 10. The van der Waals surface area contributed by atoms with Crippen molar-refractivity contribution in [1.29, 1.82) is 0 Å². The van der Waals surface area contributed by atoms with Gasteiger partial charge < -0.3 is 29.9 Å². The summed E-state index contributed by atoms with van der Waals surface area (Å²) in [6, 6.07) is 26.9. The van der Waals surface area contributed by atoms with Crippen molar-refractivity contribution in [3.63, 3.8) is 0 Å². The van der Waals surface area contributed by atoms with E-state index in [2.05, 4.69) is 0 Å². The minimum atomic E-state index is -1.58. The maximum absolute atomic E-state index is 12.9. The molecule has 0 amide bonds. The number of ketones is 4. The molecule has 0 unspecified atom stereocenters. The monoisotopic (exact) mass is 780 g/mol. The molecule has 0 bridgehead atoms. The van der Waals surface area contributed by atoms with Crippen molar-refractivity contribution in [3.8, 4) is 0 Å². The molecule has 0 saturated heterocycles. The van der Waals surface area contributed by atoms with Gasteiger partial charge in [0.05, 0.1) is 0 Å². The lowest BCUT2D eigenvalue weighted by Crippen LogP contribution is -2.31. The number of Topliss-reactive ketones (excluding diaryl/α,β-unsaturated/α-hetero) is 4. The van der Waals surface area contributed by atoms with Gasteiger partial charge in [0.25, 0.3) is 0 Å². The van der Waals surface area contributed by atoms with E-state index in [1.165, 1.54) is 55.4 Å². The van der Waals surface area contributed by atoms with E-state index < -0.39 is 64.0 Å². The molecule has 0 aliphatic heterocycles. The molecule has 0 spiro atoms. The van der Waals surface area contributed by atoms with Crippen LogP contribution in [0.5, 0.6) is 0 Å². The smallest absolute Gasteiger partial charge is 0.193 e. The summed E-state index contributed by atoms with van der Waals surface area (Å²) in [5.74, 6) is -1.78. The van der Waals surface area contributed by atoms with Crippen molar-refractivity contribution in [2.24, 2.45) is 0 Å². The first-order valence-corrected chi connectivity index (χ1v) is 19.2. The second-order valence-electron chi connectivity index (χ2n) is 16.6. The molecule has 4 N–H and O–H groups in total. The molecule has 4 aromatic carbocycles. The maximum Gasteiger partial charge on any atom is 0.193 e. The van der Waals surface area contributed by atoms with Gasteiger partial charge in [-0.25, -0.2) is 0 Å². The van der Waals surface area contributed by atoms with E-state index in [1.807, 2.05) is 6.92 Å². The van der Waals surface area contributed by atoms with Crippen LogP contribution in [0, 0.1) is 0 Å². The summed E-state index contributed by atoms with van der Waals surface area (Å²) >= 11 is 0. The van der Waals surface area contributed by atoms with Gasteiger partial charge in [0.15, 0.2) is 29.4 Å². The van der Waals surface area contributed by atoms with Crippen LogP contribution in [0.25, 0.3) is 0 Å². The third-order valence-corrected chi connectivity index (χ3v) is 9.49. The zero-order chi connectivity index (χ0) is 42.5. The fourth-order valence-corrected chi connectivity index (χ4v) is 6.19. The lowest BCUT2D eigenvalue weighted by molar-refractivity contribution is -0.185. The van der Waals surface area contributed by atoms with E-state index in [4.69, 9.17) is 9.47 Å². The Morgan fingerprint density at radius 3 is 0.825 bits per heavy atom. The molecule has 0 aromatic heterocycles. The van der Waals surface area contributed by atoms with Gasteiger partial charge in [0, 0.05) is 22.3 Å². The Hall–Kier alpha value is -4.68. The quantitative estimate of drug-likeness (QED) is 0.0542. The van der Waals surface area contributed by atoms with Crippen LogP contribution in [0.1, 0.15) is 157 Å². The lowest BCUT2D eigenvalue weighted by Gasteiger charge is -2.30. The van der Waals surface area contributed by atoms with Gasteiger partial charge in [-0.3, -0.25) is 19.2 Å². The van der Waals surface area contributed by atoms with Crippen molar-refractivity contribution in [3.05, 3.63) is 142 Å². The molecular formula is C47H56O10. The highest BCUT2D eigenvalue weighted by Gasteiger charge is 2.31. The van der Waals surface area contributed by atoms with Crippen LogP contribution < -0.4 is 0 Å². The van der Waals surface area contributed by atoms with E-state index >= 15 is 0 Å². The lowest BCUT2D eigenvalue weighted by atomic mass is 9.92. The van der Waals surface area contributed by atoms with E-state index in [9.17, 15) is 39.6 Å². The fourth-order valence-electron chi connectivity index (χ4n) is 6.19. The highest BCUT2D eigenvalue weighted by Crippen LogP contribution is 2.35. The molecule has 304 valence electrons. The summed E-state index contributed by atoms with van der Waals surface area (Å²) in [5, 5.41) is 41.4. The Bertz CT molecular complexity index is 1720. The van der Waals surface area contributed by atoms with Crippen LogP contribution in [0.15, 0.2) is 97.1 Å². The zero-order valence-corrected chi connectivity index (χ0v) is 34.3. The molecular weight excluding hydrogens is 725 g/mol. The Morgan fingerprint density at radius 2 is 0.649 bits per heavy atom. The highest BCUT2D eigenvalue weighted by molar-refractivity contribution is 6.03. The molecule has 10 heteroatoms. The molecule has 0 heterocycles. The normalized spacial score (nSPS) is 12.7. The average Bonchev–Trinajstić information content (AvgIpc) is 3.15. The van der Waals surface area contributed by atoms with Gasteiger partial charge in [-0.1, -0.05) is 110 Å². The van der Waals surface area contributed by atoms with Crippen molar-refractivity contribution >= 4 is 23.1 Å². The summed E-state index contributed by atoms with van der Waals surface area (Å²) in [6.07, 6.45) is -0.404. The van der Waals surface area contributed by atoms with Crippen LogP contribution in [0.3, 0.4) is 0 Å². The minimum Gasteiger partial charge on any atom is -0.382 e. The van der Waals surface area contributed by atoms with Gasteiger partial charge in [0.2, 0.25) is 0 Å². The molecule has 57 heavy (non-hydrogen) atoms. The zero-order valence-electron chi connectivity index (χ0n) is 34.3. The molecule has 0 saturated carbocycles. The molecule has 0 atom stereocenters. The van der Waals surface area contributed by atoms with Crippen LogP contribution in [-0.2, 0) is 9.47 Å². The number of aliphatic hydroxyl groups is 4. The topological polar surface area (TPSA) is 168 Å². The first-order valence-electron chi connectivity index (χ1n) is 19.2. The van der Waals surface area contributed by atoms with E-state index in [-0.39, 0.29) is 0 Å². The molecule has 4 aromatic rings. The van der Waals surface area contributed by atoms with Crippen LogP contribution >= 0.6 is 0 Å². The Labute approximate surface area is 335 Å². The van der Waals surface area contributed by atoms with Gasteiger partial charge in [-0.05, 0) is 90.5 Å². The second-order valence-corrected chi connectivity index (χ2v) is 16.6. The SMILES string of the molecule is CCCCC(OC(c1ccc(C(=O)C(C)(C)O)cc1)c1ccc(C(=O)C(C)(C)O)cc1)OC(c1ccc(C(=O)C(C)(C)O)cc1)c1ccc(C(=O)C(C)(C)O)cc1. The Balaban J connectivity index is 1.81. The number of benzene rings is 4. The maximum atomic E-state index is 12.9. The van der Waals surface area contributed by atoms with E-state index in [0.29, 0.717) is 50.9 Å². The first kappa shape index (κ1) is 45.0. The molecule has 0 aliphatic carbocycles. The number of carbonyl (C=O) groups is 4. The summed E-state index contributed by atoms with van der Waals surface area (Å²) in [5.41, 5.74) is -2.40. The van der Waals surface area contributed by atoms with Gasteiger partial charge in [-0.15, -0.1) is 0 Å². The van der Waals surface area contributed by atoms with Crippen molar-refractivity contribution < 1.29 is 49.1 Å². The number of unbranched alkanes of at least 4 members (excludes halogenated alkanes) is 1. The number of rotatable bonds is 19. The van der Waals surface area contributed by atoms with E-state index in [0.717, 1.165) is 12.8 Å².